The first-order valence-corrected chi connectivity index (χ1v) is 9.16. The largest absolute Gasteiger partial charge is 0.393 e. The van der Waals surface area contributed by atoms with Gasteiger partial charge in [0.1, 0.15) is 5.60 Å². The lowest BCUT2D eigenvalue weighted by Crippen LogP contribution is -2.56. The summed E-state index contributed by atoms with van der Waals surface area (Å²) in [5, 5.41) is 16.7. The number of aliphatic hydroxyl groups is 1. The van der Waals surface area contributed by atoms with Crippen molar-refractivity contribution >= 4 is 5.91 Å². The summed E-state index contributed by atoms with van der Waals surface area (Å²) in [7, 11) is 0. The molecule has 2 aromatic rings. The van der Waals surface area contributed by atoms with E-state index in [1.807, 2.05) is 18.0 Å². The second-order valence-electron chi connectivity index (χ2n) is 7.13. The van der Waals surface area contributed by atoms with E-state index < -0.39 is 5.60 Å². The van der Waals surface area contributed by atoms with E-state index in [0.717, 1.165) is 24.0 Å². The summed E-state index contributed by atoms with van der Waals surface area (Å²) in [4.78, 5) is 14.4. The van der Waals surface area contributed by atoms with Crippen LogP contribution >= 0.6 is 0 Å². The fourth-order valence-electron chi connectivity index (χ4n) is 3.41. The zero-order valence-electron chi connectivity index (χ0n) is 15.3. The van der Waals surface area contributed by atoms with Crippen LogP contribution in [0.1, 0.15) is 29.5 Å². The fourth-order valence-corrected chi connectivity index (χ4v) is 3.41. The number of benzene rings is 1. The molecule has 2 N–H and O–H groups in total. The van der Waals surface area contributed by atoms with E-state index in [1.54, 1.807) is 6.20 Å². The summed E-state index contributed by atoms with van der Waals surface area (Å²) in [6.07, 6.45) is 6.37. The average molecular weight is 357 g/mol. The van der Waals surface area contributed by atoms with Crippen molar-refractivity contribution in [1.29, 1.82) is 0 Å². The molecule has 1 aliphatic rings. The Morgan fingerprint density at radius 1 is 1.35 bits per heavy atom. The van der Waals surface area contributed by atoms with Gasteiger partial charge in [0, 0.05) is 25.6 Å². The SMILES string of the molecule is Cc1ccc(C[C@]2(CO)CN(C(=O)CCCc3cn[nH]c3)CCO2)cc1. The minimum atomic E-state index is -0.715. The number of rotatable bonds is 7. The van der Waals surface area contributed by atoms with Crippen LogP contribution in [0.15, 0.2) is 36.7 Å². The first-order chi connectivity index (χ1) is 12.6. The van der Waals surface area contributed by atoms with Crippen molar-refractivity contribution < 1.29 is 14.6 Å². The van der Waals surface area contributed by atoms with Gasteiger partial charge in [0.15, 0.2) is 0 Å². The van der Waals surface area contributed by atoms with Crippen molar-refractivity contribution in [2.24, 2.45) is 0 Å². The average Bonchev–Trinajstić information content (AvgIpc) is 3.17. The van der Waals surface area contributed by atoms with E-state index in [1.165, 1.54) is 5.56 Å². The highest BCUT2D eigenvalue weighted by Crippen LogP contribution is 2.24. The Balaban J connectivity index is 1.57. The van der Waals surface area contributed by atoms with Gasteiger partial charge in [0.05, 0.1) is 26.0 Å². The predicted octanol–water partition coefficient (Wildman–Crippen LogP) is 1.87. The van der Waals surface area contributed by atoms with Crippen molar-refractivity contribution in [2.45, 2.75) is 38.2 Å². The molecular formula is C20H27N3O3. The topological polar surface area (TPSA) is 78.5 Å². The molecule has 140 valence electrons. The van der Waals surface area contributed by atoms with Crippen LogP contribution in [0.2, 0.25) is 0 Å². The molecule has 2 heterocycles. The number of carbonyl (C=O) groups is 1. The third kappa shape index (κ3) is 4.71. The van der Waals surface area contributed by atoms with Gasteiger partial charge in [-0.2, -0.15) is 5.10 Å². The Hall–Kier alpha value is -2.18. The van der Waals surface area contributed by atoms with Crippen molar-refractivity contribution in [3.05, 3.63) is 53.3 Å². The number of carbonyl (C=O) groups excluding carboxylic acids is 1. The molecule has 1 aromatic carbocycles. The van der Waals surface area contributed by atoms with Crippen molar-refractivity contribution in [3.63, 3.8) is 0 Å². The first kappa shape index (κ1) is 18.6. The third-order valence-electron chi connectivity index (χ3n) is 4.95. The highest BCUT2D eigenvalue weighted by molar-refractivity contribution is 5.76. The fraction of sp³-hybridized carbons (Fsp3) is 0.500. The highest BCUT2D eigenvalue weighted by atomic mass is 16.5. The molecule has 1 saturated heterocycles. The molecule has 0 unspecified atom stereocenters. The zero-order chi connectivity index (χ0) is 18.4. The Morgan fingerprint density at radius 2 is 2.15 bits per heavy atom. The highest BCUT2D eigenvalue weighted by Gasteiger charge is 2.37. The van der Waals surface area contributed by atoms with Crippen LogP contribution in [0.25, 0.3) is 0 Å². The quantitative estimate of drug-likeness (QED) is 0.793. The maximum Gasteiger partial charge on any atom is 0.222 e. The number of aromatic nitrogens is 2. The molecule has 1 atom stereocenters. The van der Waals surface area contributed by atoms with Crippen molar-refractivity contribution in [3.8, 4) is 0 Å². The van der Waals surface area contributed by atoms with Crippen LogP contribution < -0.4 is 0 Å². The number of morpholine rings is 1. The van der Waals surface area contributed by atoms with Crippen LogP contribution in [0.4, 0.5) is 0 Å². The lowest BCUT2D eigenvalue weighted by atomic mass is 9.92. The monoisotopic (exact) mass is 357 g/mol. The number of aryl methyl sites for hydroxylation is 2. The van der Waals surface area contributed by atoms with E-state index in [2.05, 4.69) is 34.5 Å². The molecule has 0 aliphatic carbocycles. The summed E-state index contributed by atoms with van der Waals surface area (Å²) >= 11 is 0. The van der Waals surface area contributed by atoms with Gasteiger partial charge in [-0.05, 0) is 30.9 Å². The van der Waals surface area contributed by atoms with E-state index in [0.29, 0.717) is 32.5 Å². The Labute approximate surface area is 154 Å². The van der Waals surface area contributed by atoms with Crippen LogP contribution in [0.5, 0.6) is 0 Å². The molecule has 3 rings (SSSR count). The summed E-state index contributed by atoms with van der Waals surface area (Å²) in [5.41, 5.74) is 2.71. The molecule has 26 heavy (non-hydrogen) atoms. The molecule has 6 heteroatoms. The number of ether oxygens (including phenoxy) is 1. The third-order valence-corrected chi connectivity index (χ3v) is 4.95. The Bertz CT molecular complexity index is 700. The second-order valence-corrected chi connectivity index (χ2v) is 7.13. The summed E-state index contributed by atoms with van der Waals surface area (Å²) < 4.78 is 5.94. The summed E-state index contributed by atoms with van der Waals surface area (Å²) in [6.45, 7) is 3.42. The Morgan fingerprint density at radius 3 is 2.85 bits per heavy atom. The van der Waals surface area contributed by atoms with Gasteiger partial charge < -0.3 is 14.7 Å². The minimum Gasteiger partial charge on any atom is -0.393 e. The molecule has 0 saturated carbocycles. The molecule has 1 aliphatic heterocycles. The number of hydrogen-bond acceptors (Lipinski definition) is 4. The lowest BCUT2D eigenvalue weighted by Gasteiger charge is -2.42. The zero-order valence-corrected chi connectivity index (χ0v) is 15.3. The normalized spacial score (nSPS) is 20.3. The molecule has 1 amide bonds. The van der Waals surface area contributed by atoms with E-state index in [4.69, 9.17) is 4.74 Å². The van der Waals surface area contributed by atoms with Crippen LogP contribution in [-0.4, -0.2) is 58.0 Å². The number of nitrogens with zero attached hydrogens (tertiary/aromatic N) is 2. The first-order valence-electron chi connectivity index (χ1n) is 9.16. The number of amides is 1. The molecule has 6 nitrogen and oxygen atoms in total. The van der Waals surface area contributed by atoms with Gasteiger partial charge in [0.25, 0.3) is 0 Å². The Kier molecular flexibility index (Phi) is 6.06. The van der Waals surface area contributed by atoms with E-state index in [9.17, 15) is 9.90 Å². The van der Waals surface area contributed by atoms with Gasteiger partial charge in [-0.1, -0.05) is 29.8 Å². The number of nitrogens with one attached hydrogen (secondary N) is 1. The van der Waals surface area contributed by atoms with Crippen molar-refractivity contribution in [2.75, 3.05) is 26.3 Å². The van der Waals surface area contributed by atoms with E-state index >= 15 is 0 Å². The van der Waals surface area contributed by atoms with Gasteiger partial charge in [-0.15, -0.1) is 0 Å². The van der Waals surface area contributed by atoms with Gasteiger partial charge >= 0.3 is 0 Å². The van der Waals surface area contributed by atoms with Gasteiger partial charge in [-0.25, -0.2) is 0 Å². The van der Waals surface area contributed by atoms with Crippen LogP contribution in [-0.2, 0) is 22.4 Å². The molecule has 0 radical (unpaired) electrons. The molecule has 1 fully saturated rings. The van der Waals surface area contributed by atoms with Gasteiger partial charge in [-0.3, -0.25) is 9.89 Å². The summed E-state index contributed by atoms with van der Waals surface area (Å²) in [6, 6.07) is 8.23. The van der Waals surface area contributed by atoms with E-state index in [-0.39, 0.29) is 12.5 Å². The van der Waals surface area contributed by atoms with Crippen molar-refractivity contribution in [1.82, 2.24) is 15.1 Å². The number of aliphatic hydroxyl groups excluding tert-OH is 1. The van der Waals surface area contributed by atoms with Crippen LogP contribution in [0, 0.1) is 6.92 Å². The van der Waals surface area contributed by atoms with Gasteiger partial charge in [0.2, 0.25) is 5.91 Å². The smallest absolute Gasteiger partial charge is 0.222 e. The maximum absolute atomic E-state index is 12.6. The molecule has 0 bridgehead atoms. The molecule has 1 aromatic heterocycles. The molecule has 0 spiro atoms. The minimum absolute atomic E-state index is 0.0975. The number of aromatic amines is 1. The second kappa shape index (κ2) is 8.47. The number of hydrogen-bond donors (Lipinski definition) is 2. The maximum atomic E-state index is 12.6. The predicted molar refractivity (Wildman–Crippen MR) is 98.8 cm³/mol. The van der Waals surface area contributed by atoms with Crippen LogP contribution in [0.3, 0.4) is 0 Å². The standard InChI is InChI=1S/C20H27N3O3/c1-16-5-7-17(8-6-16)11-20(15-24)14-23(9-10-26-20)19(25)4-2-3-18-12-21-22-13-18/h5-8,12-13,24H,2-4,9-11,14-15H2,1H3,(H,21,22)/t20-/m1/s1. The number of H-pyrrole nitrogens is 1. The molecular weight excluding hydrogens is 330 g/mol. The lowest BCUT2D eigenvalue weighted by molar-refractivity contribution is -0.158. The summed E-state index contributed by atoms with van der Waals surface area (Å²) in [5.74, 6) is 0.124.